The molecular weight excluding hydrogens is 201 g/mol. The number of carbonyl (C=O) groups is 1. The number of nitrogens with zero attached hydrogens (tertiary/aromatic N) is 2. The summed E-state index contributed by atoms with van der Waals surface area (Å²) < 4.78 is 35.8. The zero-order valence-electron chi connectivity index (χ0n) is 7.71. The van der Waals surface area contributed by atoms with Gasteiger partial charge >= 0.3 is 12.8 Å². The van der Waals surface area contributed by atoms with Crippen LogP contribution in [0.25, 0.3) is 0 Å². The summed E-state index contributed by atoms with van der Waals surface area (Å²) in [6, 6.07) is 0. The highest BCUT2D eigenvalue weighted by Gasteiger charge is 2.28. The predicted molar refractivity (Wildman–Crippen MR) is 40.4 cm³/mol. The molecule has 1 heterocycles. The molecule has 0 fully saturated rings. The molecule has 1 aliphatic rings. The minimum Gasteiger partial charge on any atom is -0.542 e. The zero-order chi connectivity index (χ0) is 11.4. The van der Waals surface area contributed by atoms with Crippen molar-refractivity contribution in [2.45, 2.75) is 6.18 Å². The van der Waals surface area contributed by atoms with Crippen molar-refractivity contribution < 1.29 is 32.2 Å². The maximum Gasteiger partial charge on any atom is 0.430 e. The number of carbonyl (C=O) groups excluding carboxylic acids is 1. The van der Waals surface area contributed by atoms with Crippen LogP contribution in [0.15, 0.2) is 0 Å². The fourth-order valence-corrected chi connectivity index (χ4v) is 0.674. The summed E-state index contributed by atoms with van der Waals surface area (Å²) in [6.07, 6.45) is -1.08. The largest absolute Gasteiger partial charge is 0.542 e. The Morgan fingerprint density at radius 1 is 1.29 bits per heavy atom. The Labute approximate surface area is 78.6 Å². The number of rotatable bonds is 0. The van der Waals surface area contributed by atoms with E-state index in [0.29, 0.717) is 0 Å². The molecule has 0 aliphatic carbocycles. The molecule has 7 heteroatoms. The van der Waals surface area contributed by atoms with Crippen LogP contribution in [0.4, 0.5) is 13.2 Å². The van der Waals surface area contributed by atoms with Gasteiger partial charge in [0, 0.05) is 0 Å². The van der Waals surface area contributed by atoms with E-state index in [4.69, 9.17) is 9.90 Å². The molecule has 0 unspecified atom stereocenters. The number of carboxylic acid groups (broad SMARTS) is 1. The lowest BCUT2D eigenvalue weighted by molar-refractivity contribution is -0.686. The molecule has 0 aromatic heterocycles. The lowest BCUT2D eigenvalue weighted by atomic mass is 10.7. The van der Waals surface area contributed by atoms with Crippen molar-refractivity contribution in [2.24, 2.45) is 0 Å². The van der Waals surface area contributed by atoms with Crippen LogP contribution in [0, 0.1) is 0 Å². The highest BCUT2D eigenvalue weighted by Crippen LogP contribution is 2.11. The van der Waals surface area contributed by atoms with Gasteiger partial charge < -0.3 is 9.90 Å². The Morgan fingerprint density at radius 3 is 1.64 bits per heavy atom. The number of aliphatic carboxylic acids is 1. The molecule has 0 aromatic rings. The molecule has 14 heavy (non-hydrogen) atoms. The molecule has 1 rings (SSSR count). The van der Waals surface area contributed by atoms with Crippen molar-refractivity contribution in [3.63, 3.8) is 0 Å². The summed E-state index contributed by atoms with van der Waals surface area (Å²) in [5.74, 6) is -3.01. The smallest absolute Gasteiger partial charge is 0.430 e. The van der Waals surface area contributed by atoms with Crippen LogP contribution in [-0.4, -0.2) is 54.5 Å². The fourth-order valence-electron chi connectivity index (χ4n) is 0.674. The standard InChI is InChI=1S/C5H10N2.C2HF3O2/c1-6-3-4-7(2)5-6;3-2(4,5)1(6)7/h3-4H,5H2,1-2H3;(H,6,7)/q+2;/p-1. The first-order valence-corrected chi connectivity index (χ1v) is 3.60. The van der Waals surface area contributed by atoms with Gasteiger partial charge in [-0.05, 0) is 0 Å². The molecular formula is C7H10F3N2O2+. The molecule has 0 N–H and O–H groups in total. The van der Waals surface area contributed by atoms with Crippen molar-refractivity contribution >= 4 is 18.4 Å². The number of alkyl halides is 3. The molecule has 0 radical (unpaired) electrons. The van der Waals surface area contributed by atoms with Gasteiger partial charge in [0.25, 0.3) is 0 Å². The van der Waals surface area contributed by atoms with Crippen LogP contribution in [0.3, 0.4) is 0 Å². The molecule has 1 aliphatic heterocycles. The Hall–Kier alpha value is -1.40. The van der Waals surface area contributed by atoms with E-state index in [9.17, 15) is 13.2 Å². The van der Waals surface area contributed by atoms with Gasteiger partial charge in [-0.1, -0.05) is 0 Å². The van der Waals surface area contributed by atoms with E-state index in [-0.39, 0.29) is 0 Å². The quantitative estimate of drug-likeness (QED) is 0.467. The monoisotopic (exact) mass is 211 g/mol. The van der Waals surface area contributed by atoms with E-state index in [1.54, 1.807) is 0 Å². The molecule has 0 spiro atoms. The Bertz CT molecular complexity index is 265. The van der Waals surface area contributed by atoms with Gasteiger partial charge in [-0.25, -0.2) is 0 Å². The Kier molecular flexibility index (Phi) is 4.26. The van der Waals surface area contributed by atoms with Gasteiger partial charge in [-0.2, -0.15) is 22.3 Å². The normalized spacial score (nSPS) is 15.2. The van der Waals surface area contributed by atoms with Crippen molar-refractivity contribution in [2.75, 3.05) is 20.8 Å². The van der Waals surface area contributed by atoms with Crippen molar-refractivity contribution in [1.29, 1.82) is 0 Å². The van der Waals surface area contributed by atoms with Gasteiger partial charge in [-0.3, -0.25) is 0 Å². The second-order valence-corrected chi connectivity index (χ2v) is 2.74. The van der Waals surface area contributed by atoms with Crippen LogP contribution < -0.4 is 5.11 Å². The maximum atomic E-state index is 10.5. The third-order valence-electron chi connectivity index (χ3n) is 1.25. The molecule has 0 aromatic carbocycles. The van der Waals surface area contributed by atoms with E-state index >= 15 is 0 Å². The van der Waals surface area contributed by atoms with Crippen LogP contribution >= 0.6 is 0 Å². The topological polar surface area (TPSA) is 46.1 Å². The van der Waals surface area contributed by atoms with Crippen LogP contribution in [0.2, 0.25) is 0 Å². The van der Waals surface area contributed by atoms with Gasteiger partial charge in [0.05, 0.1) is 0 Å². The highest BCUT2D eigenvalue weighted by molar-refractivity contribution is 6.11. The van der Waals surface area contributed by atoms with Gasteiger partial charge in [0.1, 0.15) is 20.1 Å². The first-order valence-electron chi connectivity index (χ1n) is 3.60. The van der Waals surface area contributed by atoms with Crippen molar-refractivity contribution in [3.8, 4) is 0 Å². The number of hydrogen-bond acceptors (Lipinski definition) is 2. The fraction of sp³-hybridized carbons (Fsp3) is 0.571. The van der Waals surface area contributed by atoms with Crippen LogP contribution in [0.5, 0.6) is 0 Å². The van der Waals surface area contributed by atoms with Crippen molar-refractivity contribution in [3.05, 3.63) is 0 Å². The molecule has 0 saturated carbocycles. The zero-order valence-corrected chi connectivity index (χ0v) is 7.71. The third kappa shape index (κ3) is 5.28. The third-order valence-corrected chi connectivity index (χ3v) is 1.25. The summed E-state index contributed by atoms with van der Waals surface area (Å²) >= 11 is 0. The summed E-state index contributed by atoms with van der Waals surface area (Å²) in [4.78, 5) is 8.78. The molecule has 0 saturated heterocycles. The number of carboxylic acids is 1. The second-order valence-electron chi connectivity index (χ2n) is 2.74. The van der Waals surface area contributed by atoms with E-state index in [1.807, 2.05) is 0 Å². The van der Waals surface area contributed by atoms with Gasteiger partial charge in [0.2, 0.25) is 12.4 Å². The van der Waals surface area contributed by atoms with E-state index in [1.165, 1.54) is 0 Å². The Balaban J connectivity index is 0.000000241. The average molecular weight is 211 g/mol. The average Bonchev–Trinajstić information content (AvgIpc) is 2.33. The Morgan fingerprint density at radius 2 is 1.57 bits per heavy atom. The van der Waals surface area contributed by atoms with Crippen LogP contribution in [-0.2, 0) is 4.79 Å². The summed E-state index contributed by atoms with van der Waals surface area (Å²) in [7, 11) is 4.11. The summed E-state index contributed by atoms with van der Waals surface area (Å²) in [6.45, 7) is 1.03. The van der Waals surface area contributed by atoms with Crippen LogP contribution in [0.1, 0.15) is 0 Å². The van der Waals surface area contributed by atoms with E-state index in [0.717, 1.165) is 6.67 Å². The molecule has 0 amide bonds. The molecule has 0 atom stereocenters. The van der Waals surface area contributed by atoms with Crippen molar-refractivity contribution in [1.82, 2.24) is 0 Å². The summed E-state index contributed by atoms with van der Waals surface area (Å²) in [5, 5.41) is 8.78. The predicted octanol–water partition coefficient (Wildman–Crippen LogP) is -1.32. The van der Waals surface area contributed by atoms with Gasteiger partial charge in [0.15, 0.2) is 0 Å². The lowest BCUT2D eigenvalue weighted by Gasteiger charge is -2.03. The first kappa shape index (κ1) is 12.6. The lowest BCUT2D eigenvalue weighted by Crippen LogP contribution is -2.37. The summed E-state index contributed by atoms with van der Waals surface area (Å²) in [5.41, 5.74) is 0. The molecule has 0 bridgehead atoms. The minimum absolute atomic E-state index is 1.03. The van der Waals surface area contributed by atoms with E-state index in [2.05, 4.69) is 35.7 Å². The number of halogens is 3. The molecule has 4 nitrogen and oxygen atoms in total. The number of hydrogen-bond donors (Lipinski definition) is 0. The highest BCUT2D eigenvalue weighted by atomic mass is 19.4. The maximum absolute atomic E-state index is 10.5. The first-order chi connectivity index (χ1) is 6.23. The molecule has 80 valence electrons. The van der Waals surface area contributed by atoms with Gasteiger partial charge in [-0.15, -0.1) is 0 Å². The SMILES string of the molecule is C[N+]1=CC=[N+](C)C1.O=C([O-])C(F)(F)F. The van der Waals surface area contributed by atoms with E-state index < -0.39 is 12.1 Å². The second kappa shape index (κ2) is 4.73. The minimum atomic E-state index is -5.19.